The number of rotatable bonds is 1. The summed E-state index contributed by atoms with van der Waals surface area (Å²) in [6.45, 7) is 7.72. The first-order valence-electron chi connectivity index (χ1n) is 5.67. The summed E-state index contributed by atoms with van der Waals surface area (Å²) >= 11 is 0. The molecule has 2 atom stereocenters. The number of likely N-dealkylation sites (tertiary alicyclic amines) is 1. The van der Waals surface area contributed by atoms with E-state index in [9.17, 15) is 0 Å². The van der Waals surface area contributed by atoms with Crippen molar-refractivity contribution in [1.29, 1.82) is 0 Å². The highest BCUT2D eigenvalue weighted by atomic mass is 16.5. The molecule has 2 aliphatic rings. The highest BCUT2D eigenvalue weighted by molar-refractivity contribution is 4.87. The molecule has 2 fully saturated rings. The minimum atomic E-state index is 0.0285. The van der Waals surface area contributed by atoms with Gasteiger partial charge in [-0.25, -0.2) is 0 Å². The average molecular weight is 198 g/mol. The van der Waals surface area contributed by atoms with Crippen LogP contribution in [0.3, 0.4) is 0 Å². The summed E-state index contributed by atoms with van der Waals surface area (Å²) in [5.41, 5.74) is 0.0285. The van der Waals surface area contributed by atoms with E-state index in [0.29, 0.717) is 5.92 Å². The van der Waals surface area contributed by atoms with Crippen LogP contribution in [0.5, 0.6) is 0 Å². The van der Waals surface area contributed by atoms with Crippen molar-refractivity contribution in [3.63, 3.8) is 0 Å². The number of ether oxygens (including phenoxy) is 1. The molecule has 0 saturated carbocycles. The maximum absolute atomic E-state index is 6.00. The number of hydrogen-bond donors (Lipinski definition) is 1. The fourth-order valence-electron chi connectivity index (χ4n) is 2.49. The second kappa shape index (κ2) is 3.80. The Labute approximate surface area is 86.8 Å². The second-order valence-electron chi connectivity index (χ2n) is 5.34. The van der Waals surface area contributed by atoms with Gasteiger partial charge < -0.3 is 9.64 Å². The van der Waals surface area contributed by atoms with E-state index >= 15 is 0 Å². The summed E-state index contributed by atoms with van der Waals surface area (Å²) < 4.78 is 6.00. The minimum absolute atomic E-state index is 0.0285. The first kappa shape index (κ1) is 10.4. The van der Waals surface area contributed by atoms with Crippen LogP contribution in [0.15, 0.2) is 0 Å². The molecule has 2 aliphatic heterocycles. The number of nitrogens with zero attached hydrogens (tertiary/aromatic N) is 1. The van der Waals surface area contributed by atoms with Gasteiger partial charge in [0.25, 0.3) is 0 Å². The summed E-state index contributed by atoms with van der Waals surface area (Å²) in [6, 6.07) is 0. The van der Waals surface area contributed by atoms with E-state index in [-0.39, 0.29) is 11.8 Å². The van der Waals surface area contributed by atoms with Crippen LogP contribution in [0.1, 0.15) is 26.7 Å². The molecular formula is C11H22N2O. The molecule has 0 spiro atoms. The van der Waals surface area contributed by atoms with Crippen LogP contribution in [0.2, 0.25) is 0 Å². The van der Waals surface area contributed by atoms with E-state index in [4.69, 9.17) is 4.74 Å². The lowest BCUT2D eigenvalue weighted by Crippen LogP contribution is -2.42. The lowest BCUT2D eigenvalue weighted by molar-refractivity contribution is -0.0548. The molecule has 0 aromatic carbocycles. The standard InChI is InChI=1S/C11H22N2O/c1-11(2)8-12-10(14-11)9-5-4-6-13(3)7-9/h9-10,12H,4-8H2,1-3H3. The summed E-state index contributed by atoms with van der Waals surface area (Å²) in [5, 5.41) is 3.49. The molecule has 2 unspecified atom stereocenters. The summed E-state index contributed by atoms with van der Waals surface area (Å²) in [4.78, 5) is 2.41. The third-order valence-corrected chi connectivity index (χ3v) is 3.26. The smallest absolute Gasteiger partial charge is 0.113 e. The van der Waals surface area contributed by atoms with Gasteiger partial charge in [-0.1, -0.05) is 0 Å². The number of hydrogen-bond acceptors (Lipinski definition) is 3. The lowest BCUT2D eigenvalue weighted by atomic mass is 9.97. The first-order valence-corrected chi connectivity index (χ1v) is 5.67. The third-order valence-electron chi connectivity index (χ3n) is 3.26. The van der Waals surface area contributed by atoms with Gasteiger partial charge in [-0.2, -0.15) is 0 Å². The zero-order valence-electron chi connectivity index (χ0n) is 9.55. The molecular weight excluding hydrogens is 176 g/mol. The van der Waals surface area contributed by atoms with Crippen LogP contribution in [-0.4, -0.2) is 43.4 Å². The van der Waals surface area contributed by atoms with Crippen LogP contribution in [0.25, 0.3) is 0 Å². The van der Waals surface area contributed by atoms with E-state index in [1.807, 2.05) is 0 Å². The Kier molecular flexibility index (Phi) is 2.82. The predicted molar refractivity (Wildman–Crippen MR) is 57.2 cm³/mol. The van der Waals surface area contributed by atoms with Gasteiger partial charge in [0.15, 0.2) is 0 Å². The van der Waals surface area contributed by atoms with Crippen LogP contribution < -0.4 is 5.32 Å². The monoisotopic (exact) mass is 198 g/mol. The Morgan fingerprint density at radius 1 is 1.43 bits per heavy atom. The highest BCUT2D eigenvalue weighted by Gasteiger charge is 2.36. The molecule has 0 radical (unpaired) electrons. The van der Waals surface area contributed by atoms with Gasteiger partial charge in [0.2, 0.25) is 0 Å². The van der Waals surface area contributed by atoms with Crippen LogP contribution in [-0.2, 0) is 4.74 Å². The summed E-state index contributed by atoms with van der Waals surface area (Å²) in [6.07, 6.45) is 2.90. The zero-order valence-corrected chi connectivity index (χ0v) is 9.55. The van der Waals surface area contributed by atoms with Gasteiger partial charge in [0.05, 0.1) is 5.60 Å². The molecule has 3 heteroatoms. The average Bonchev–Trinajstić information content (AvgIpc) is 2.46. The lowest BCUT2D eigenvalue weighted by Gasteiger charge is -2.33. The first-order chi connectivity index (χ1) is 6.57. The summed E-state index contributed by atoms with van der Waals surface area (Å²) in [7, 11) is 2.20. The fourth-order valence-corrected chi connectivity index (χ4v) is 2.49. The molecule has 0 aliphatic carbocycles. The van der Waals surface area contributed by atoms with E-state index in [0.717, 1.165) is 6.54 Å². The van der Waals surface area contributed by atoms with Gasteiger partial charge in [-0.05, 0) is 40.3 Å². The van der Waals surface area contributed by atoms with Crippen LogP contribution in [0.4, 0.5) is 0 Å². The molecule has 1 N–H and O–H groups in total. The third kappa shape index (κ3) is 2.27. The van der Waals surface area contributed by atoms with Gasteiger partial charge >= 0.3 is 0 Å². The molecule has 2 saturated heterocycles. The van der Waals surface area contributed by atoms with E-state index in [2.05, 4.69) is 31.1 Å². The fraction of sp³-hybridized carbons (Fsp3) is 1.00. The highest BCUT2D eigenvalue weighted by Crippen LogP contribution is 2.26. The maximum atomic E-state index is 6.00. The normalized spacial score (nSPS) is 38.8. The Balaban J connectivity index is 1.89. The van der Waals surface area contributed by atoms with Crippen LogP contribution >= 0.6 is 0 Å². The van der Waals surface area contributed by atoms with E-state index in [1.54, 1.807) is 0 Å². The quantitative estimate of drug-likeness (QED) is 0.681. The molecule has 0 aromatic heterocycles. The van der Waals surface area contributed by atoms with Crippen molar-refractivity contribution in [1.82, 2.24) is 10.2 Å². The Morgan fingerprint density at radius 3 is 2.79 bits per heavy atom. The molecule has 0 aromatic rings. The van der Waals surface area contributed by atoms with Crippen molar-refractivity contribution in [3.05, 3.63) is 0 Å². The van der Waals surface area contributed by atoms with Crippen molar-refractivity contribution in [2.75, 3.05) is 26.7 Å². The summed E-state index contributed by atoms with van der Waals surface area (Å²) in [5.74, 6) is 0.676. The van der Waals surface area contributed by atoms with Gasteiger partial charge in [0.1, 0.15) is 6.23 Å². The number of piperidine rings is 1. The Morgan fingerprint density at radius 2 is 2.21 bits per heavy atom. The molecule has 82 valence electrons. The molecule has 0 bridgehead atoms. The van der Waals surface area contributed by atoms with Gasteiger partial charge in [-0.15, -0.1) is 0 Å². The van der Waals surface area contributed by atoms with E-state index < -0.39 is 0 Å². The number of nitrogens with one attached hydrogen (secondary N) is 1. The van der Waals surface area contributed by atoms with Crippen molar-refractivity contribution in [3.8, 4) is 0 Å². The van der Waals surface area contributed by atoms with Gasteiger partial charge in [0, 0.05) is 19.0 Å². The molecule has 2 heterocycles. The maximum Gasteiger partial charge on any atom is 0.113 e. The Hall–Kier alpha value is -0.120. The molecule has 3 nitrogen and oxygen atoms in total. The Bertz CT molecular complexity index is 205. The van der Waals surface area contributed by atoms with E-state index in [1.165, 1.54) is 25.9 Å². The molecule has 14 heavy (non-hydrogen) atoms. The molecule has 2 rings (SSSR count). The minimum Gasteiger partial charge on any atom is -0.356 e. The van der Waals surface area contributed by atoms with Crippen molar-refractivity contribution in [2.24, 2.45) is 5.92 Å². The second-order valence-corrected chi connectivity index (χ2v) is 5.34. The van der Waals surface area contributed by atoms with Gasteiger partial charge in [-0.3, -0.25) is 5.32 Å². The predicted octanol–water partition coefficient (Wildman–Crippen LogP) is 1.05. The van der Waals surface area contributed by atoms with Crippen LogP contribution in [0, 0.1) is 5.92 Å². The SMILES string of the molecule is CN1CCCC(C2NCC(C)(C)O2)C1. The zero-order chi connectivity index (χ0) is 10.2. The topological polar surface area (TPSA) is 24.5 Å². The van der Waals surface area contributed by atoms with Crippen molar-refractivity contribution >= 4 is 0 Å². The largest absolute Gasteiger partial charge is 0.356 e. The van der Waals surface area contributed by atoms with Crippen molar-refractivity contribution < 1.29 is 4.74 Å². The van der Waals surface area contributed by atoms with Crippen molar-refractivity contribution in [2.45, 2.75) is 38.5 Å². The molecule has 0 amide bonds.